The van der Waals surface area contributed by atoms with Gasteiger partial charge in [-0.15, -0.1) is 0 Å². The molecule has 1 heteroatoms. The van der Waals surface area contributed by atoms with Crippen molar-refractivity contribution in [2.75, 3.05) is 0 Å². The van der Waals surface area contributed by atoms with Gasteiger partial charge >= 0.3 is 0 Å². The van der Waals surface area contributed by atoms with E-state index >= 15 is 0 Å². The average Bonchev–Trinajstić information content (AvgIpc) is 2.63. The maximum absolute atomic E-state index is 9.69. The van der Waals surface area contributed by atoms with E-state index in [1.807, 2.05) is 0 Å². The lowest BCUT2D eigenvalue weighted by molar-refractivity contribution is 0.121. The largest absolute Gasteiger partial charge is 0.198 e. The van der Waals surface area contributed by atoms with Crippen molar-refractivity contribution in [1.82, 2.24) is 0 Å². The van der Waals surface area contributed by atoms with E-state index in [2.05, 4.69) is 32.1 Å². The van der Waals surface area contributed by atoms with Crippen molar-refractivity contribution >= 4 is 0 Å². The van der Waals surface area contributed by atoms with Crippen molar-refractivity contribution in [3.63, 3.8) is 0 Å². The molecule has 0 unspecified atom stereocenters. The second-order valence-electron chi connectivity index (χ2n) is 8.59. The molecule has 0 aromatic carbocycles. The monoisotopic (exact) mass is 329 g/mol. The van der Waals surface area contributed by atoms with Crippen LogP contribution in [-0.4, -0.2) is 0 Å². The van der Waals surface area contributed by atoms with E-state index < -0.39 is 0 Å². The van der Waals surface area contributed by atoms with Gasteiger partial charge in [-0.05, 0) is 69.1 Å². The van der Waals surface area contributed by atoms with Crippen LogP contribution in [0.15, 0.2) is 12.2 Å². The lowest BCUT2D eigenvalue weighted by atomic mass is 9.64. The van der Waals surface area contributed by atoms with Crippen LogP contribution >= 0.6 is 0 Å². The highest BCUT2D eigenvalue weighted by Gasteiger charge is 2.37. The van der Waals surface area contributed by atoms with Gasteiger partial charge in [0.05, 0.1) is 11.5 Å². The van der Waals surface area contributed by atoms with Gasteiger partial charge in [0.2, 0.25) is 0 Å². The summed E-state index contributed by atoms with van der Waals surface area (Å²) in [7, 11) is 0. The molecule has 2 rings (SSSR count). The first-order valence-electron chi connectivity index (χ1n) is 10.8. The fourth-order valence-electron chi connectivity index (χ4n) is 5.13. The molecule has 0 aromatic heterocycles. The molecule has 2 fully saturated rings. The highest BCUT2D eigenvalue weighted by atomic mass is 14.4. The Labute approximate surface area is 150 Å². The molecule has 2 aliphatic rings. The highest BCUT2D eigenvalue weighted by molar-refractivity contribution is 5.06. The van der Waals surface area contributed by atoms with Gasteiger partial charge in [-0.1, -0.05) is 64.5 Å². The van der Waals surface area contributed by atoms with Gasteiger partial charge in [-0.25, -0.2) is 0 Å². The Morgan fingerprint density at radius 2 is 1.58 bits per heavy atom. The zero-order valence-electron chi connectivity index (χ0n) is 16.2. The molecule has 0 aliphatic heterocycles. The van der Waals surface area contributed by atoms with Crippen LogP contribution in [0, 0.1) is 34.5 Å². The molecule has 2 saturated carbocycles. The predicted octanol–water partition coefficient (Wildman–Crippen LogP) is 7.43. The molecule has 0 spiro atoms. The molecule has 0 saturated heterocycles. The number of hydrogen-bond acceptors (Lipinski definition) is 1. The fourth-order valence-corrected chi connectivity index (χ4v) is 5.13. The fraction of sp³-hybridized carbons (Fsp3) is 0.870. The molecule has 0 heterocycles. The van der Waals surface area contributed by atoms with Gasteiger partial charge < -0.3 is 0 Å². The van der Waals surface area contributed by atoms with Gasteiger partial charge in [0, 0.05) is 0 Å². The summed E-state index contributed by atoms with van der Waals surface area (Å²) in [6, 6.07) is 2.68. The second-order valence-corrected chi connectivity index (χ2v) is 8.59. The van der Waals surface area contributed by atoms with Crippen molar-refractivity contribution < 1.29 is 0 Å². The number of unbranched alkanes of at least 4 members (excludes halogenated alkanes) is 2. The van der Waals surface area contributed by atoms with Crippen LogP contribution in [0.1, 0.15) is 104 Å². The number of nitrogens with zero attached hydrogens (tertiary/aromatic N) is 1. The van der Waals surface area contributed by atoms with Gasteiger partial charge in [0.25, 0.3) is 0 Å². The quantitative estimate of drug-likeness (QED) is 0.335. The van der Waals surface area contributed by atoms with Crippen LogP contribution in [0.2, 0.25) is 0 Å². The minimum absolute atomic E-state index is 0.0421. The first-order chi connectivity index (χ1) is 11.7. The van der Waals surface area contributed by atoms with Gasteiger partial charge in [0.1, 0.15) is 0 Å². The number of nitriles is 1. The van der Waals surface area contributed by atoms with Crippen molar-refractivity contribution in [3.8, 4) is 6.07 Å². The number of allylic oxidation sites excluding steroid dienone is 2. The van der Waals surface area contributed by atoms with Gasteiger partial charge in [-0.2, -0.15) is 5.26 Å². The molecular formula is C23H39N. The molecule has 0 atom stereocenters. The Balaban J connectivity index is 1.73. The lowest BCUT2D eigenvalue weighted by Gasteiger charge is -2.40. The summed E-state index contributed by atoms with van der Waals surface area (Å²) in [5.74, 6) is 2.90. The van der Waals surface area contributed by atoms with Crippen molar-refractivity contribution in [2.24, 2.45) is 23.2 Å². The van der Waals surface area contributed by atoms with Crippen molar-refractivity contribution in [2.45, 2.75) is 104 Å². The van der Waals surface area contributed by atoms with E-state index in [0.29, 0.717) is 0 Å². The highest BCUT2D eigenvalue weighted by Crippen LogP contribution is 2.47. The van der Waals surface area contributed by atoms with Crippen LogP contribution in [0.4, 0.5) is 0 Å². The summed E-state index contributed by atoms with van der Waals surface area (Å²) in [6.07, 6.45) is 23.0. The summed E-state index contributed by atoms with van der Waals surface area (Å²) < 4.78 is 0. The SMILES string of the molecule is CCC=CCC1(C#N)CCC(C2CCC(CCCCC)CC2)CC1. The lowest BCUT2D eigenvalue weighted by Crippen LogP contribution is -2.30. The maximum Gasteiger partial charge on any atom is 0.0693 e. The van der Waals surface area contributed by atoms with Crippen LogP contribution < -0.4 is 0 Å². The molecule has 0 radical (unpaired) electrons. The molecule has 136 valence electrons. The molecule has 0 N–H and O–H groups in total. The molecular weight excluding hydrogens is 290 g/mol. The van der Waals surface area contributed by atoms with E-state index in [-0.39, 0.29) is 5.41 Å². The van der Waals surface area contributed by atoms with E-state index in [4.69, 9.17) is 0 Å². The second kappa shape index (κ2) is 10.3. The third-order valence-corrected chi connectivity index (χ3v) is 6.91. The summed E-state index contributed by atoms with van der Waals surface area (Å²) in [4.78, 5) is 0. The summed E-state index contributed by atoms with van der Waals surface area (Å²) in [5, 5.41) is 9.69. The van der Waals surface area contributed by atoms with Crippen LogP contribution in [-0.2, 0) is 0 Å². The molecule has 0 bridgehead atoms. The van der Waals surface area contributed by atoms with Crippen LogP contribution in [0.3, 0.4) is 0 Å². The Hall–Kier alpha value is -0.770. The average molecular weight is 330 g/mol. The number of rotatable bonds is 8. The maximum atomic E-state index is 9.69. The standard InChI is InChI=1S/C23H39N/c1-3-5-7-9-20-10-12-21(13-11-20)22-14-17-23(19-24,18-15-22)16-8-6-4-2/h6,8,20-22H,3-5,7,9-18H2,1-2H3. The molecule has 2 aliphatic carbocycles. The Kier molecular flexibility index (Phi) is 8.37. The third-order valence-electron chi connectivity index (χ3n) is 6.91. The van der Waals surface area contributed by atoms with Crippen LogP contribution in [0.5, 0.6) is 0 Å². The topological polar surface area (TPSA) is 23.8 Å². The Bertz CT molecular complexity index is 400. The Morgan fingerprint density at radius 3 is 2.17 bits per heavy atom. The smallest absolute Gasteiger partial charge is 0.0693 e. The minimum atomic E-state index is -0.0421. The molecule has 1 nitrogen and oxygen atoms in total. The predicted molar refractivity (Wildman–Crippen MR) is 104 cm³/mol. The molecule has 0 aromatic rings. The first kappa shape index (κ1) is 19.6. The summed E-state index contributed by atoms with van der Waals surface area (Å²) >= 11 is 0. The molecule has 24 heavy (non-hydrogen) atoms. The van der Waals surface area contributed by atoms with Crippen LogP contribution in [0.25, 0.3) is 0 Å². The van der Waals surface area contributed by atoms with E-state index in [9.17, 15) is 5.26 Å². The van der Waals surface area contributed by atoms with E-state index in [1.165, 1.54) is 64.2 Å². The Morgan fingerprint density at radius 1 is 0.917 bits per heavy atom. The van der Waals surface area contributed by atoms with Gasteiger partial charge in [0.15, 0.2) is 0 Å². The van der Waals surface area contributed by atoms with E-state index in [0.717, 1.165) is 43.4 Å². The number of hydrogen-bond donors (Lipinski definition) is 0. The van der Waals surface area contributed by atoms with E-state index in [1.54, 1.807) is 0 Å². The zero-order chi connectivity index (χ0) is 17.3. The minimum Gasteiger partial charge on any atom is -0.198 e. The first-order valence-corrected chi connectivity index (χ1v) is 10.8. The summed E-state index contributed by atoms with van der Waals surface area (Å²) in [6.45, 7) is 4.48. The summed E-state index contributed by atoms with van der Waals surface area (Å²) in [5.41, 5.74) is -0.0421. The van der Waals surface area contributed by atoms with Crippen molar-refractivity contribution in [1.29, 1.82) is 5.26 Å². The zero-order valence-corrected chi connectivity index (χ0v) is 16.2. The molecule has 0 amide bonds. The van der Waals surface area contributed by atoms with Gasteiger partial charge in [-0.3, -0.25) is 0 Å². The van der Waals surface area contributed by atoms with Crippen molar-refractivity contribution in [3.05, 3.63) is 12.2 Å². The third kappa shape index (κ3) is 5.65. The normalized spacial score (nSPS) is 34.3.